The van der Waals surface area contributed by atoms with Crippen molar-refractivity contribution in [1.82, 2.24) is 15.3 Å². The fourth-order valence-corrected chi connectivity index (χ4v) is 2.76. The molecule has 2 heterocycles. The van der Waals surface area contributed by atoms with E-state index in [9.17, 15) is 4.79 Å². The van der Waals surface area contributed by atoms with Crippen molar-refractivity contribution in [1.29, 1.82) is 0 Å². The predicted molar refractivity (Wildman–Crippen MR) is 82.8 cm³/mol. The molecule has 1 amide bonds. The summed E-state index contributed by atoms with van der Waals surface area (Å²) in [5.41, 5.74) is 2.87. The standard InChI is InChI=1S/C16H20N4O/c1-11-8-13(6-7-18-11)16(21)20-14-4-2-12(3-5-14)15-9-17-10-19-15/h2-5,9-11,13,18H,6-8H2,1H3,(H,17,19)(H,20,21). The van der Waals surface area contributed by atoms with Crippen molar-refractivity contribution in [3.8, 4) is 11.3 Å². The van der Waals surface area contributed by atoms with Crippen LogP contribution in [0.5, 0.6) is 0 Å². The van der Waals surface area contributed by atoms with E-state index in [-0.39, 0.29) is 11.8 Å². The van der Waals surface area contributed by atoms with Crippen LogP contribution >= 0.6 is 0 Å². The van der Waals surface area contributed by atoms with Crippen molar-refractivity contribution in [2.45, 2.75) is 25.8 Å². The maximum absolute atomic E-state index is 12.3. The lowest BCUT2D eigenvalue weighted by molar-refractivity contribution is -0.120. The van der Waals surface area contributed by atoms with Crippen LogP contribution < -0.4 is 10.6 Å². The van der Waals surface area contributed by atoms with Gasteiger partial charge in [0.1, 0.15) is 0 Å². The Kier molecular flexibility index (Phi) is 4.01. The Morgan fingerprint density at radius 1 is 1.33 bits per heavy atom. The average Bonchev–Trinajstić information content (AvgIpc) is 3.02. The largest absolute Gasteiger partial charge is 0.345 e. The molecule has 0 bridgehead atoms. The normalized spacial score (nSPS) is 22.0. The molecule has 1 aromatic heterocycles. The number of anilines is 1. The lowest BCUT2D eigenvalue weighted by atomic mass is 9.92. The van der Waals surface area contributed by atoms with E-state index in [1.807, 2.05) is 24.3 Å². The first-order valence-electron chi connectivity index (χ1n) is 7.35. The molecule has 0 spiro atoms. The van der Waals surface area contributed by atoms with Crippen LogP contribution in [-0.4, -0.2) is 28.5 Å². The highest BCUT2D eigenvalue weighted by Crippen LogP contribution is 2.21. The highest BCUT2D eigenvalue weighted by atomic mass is 16.1. The number of hydrogen-bond acceptors (Lipinski definition) is 3. The number of carbonyl (C=O) groups excluding carboxylic acids is 1. The Balaban J connectivity index is 1.63. The first kappa shape index (κ1) is 13.8. The molecule has 110 valence electrons. The smallest absolute Gasteiger partial charge is 0.227 e. The maximum Gasteiger partial charge on any atom is 0.227 e. The number of rotatable bonds is 3. The van der Waals surface area contributed by atoms with Gasteiger partial charge in [-0.1, -0.05) is 12.1 Å². The van der Waals surface area contributed by atoms with Crippen molar-refractivity contribution in [2.24, 2.45) is 5.92 Å². The fraction of sp³-hybridized carbons (Fsp3) is 0.375. The van der Waals surface area contributed by atoms with Gasteiger partial charge in [-0.05, 0) is 44.0 Å². The molecule has 0 aliphatic carbocycles. The molecular weight excluding hydrogens is 264 g/mol. The minimum Gasteiger partial charge on any atom is -0.345 e. The van der Waals surface area contributed by atoms with E-state index >= 15 is 0 Å². The van der Waals surface area contributed by atoms with Crippen LogP contribution in [-0.2, 0) is 4.79 Å². The molecule has 21 heavy (non-hydrogen) atoms. The Hall–Kier alpha value is -2.14. The Bertz CT molecular complexity index is 591. The summed E-state index contributed by atoms with van der Waals surface area (Å²) in [7, 11) is 0. The van der Waals surface area contributed by atoms with Gasteiger partial charge in [0.05, 0.1) is 18.2 Å². The zero-order valence-electron chi connectivity index (χ0n) is 12.1. The number of nitrogens with zero attached hydrogens (tertiary/aromatic N) is 1. The summed E-state index contributed by atoms with van der Waals surface area (Å²) in [6.45, 7) is 3.04. The van der Waals surface area contributed by atoms with Crippen LogP contribution in [0.2, 0.25) is 0 Å². The second kappa shape index (κ2) is 6.10. The molecule has 5 heteroatoms. The highest BCUT2D eigenvalue weighted by Gasteiger charge is 2.24. The molecule has 3 rings (SSSR count). The van der Waals surface area contributed by atoms with Crippen LogP contribution in [0.3, 0.4) is 0 Å². The summed E-state index contributed by atoms with van der Waals surface area (Å²) in [6, 6.07) is 8.23. The number of carbonyl (C=O) groups is 1. The van der Waals surface area contributed by atoms with Crippen LogP contribution in [0, 0.1) is 5.92 Å². The van der Waals surface area contributed by atoms with Gasteiger partial charge in [-0.3, -0.25) is 4.79 Å². The number of nitrogens with one attached hydrogen (secondary N) is 3. The van der Waals surface area contributed by atoms with E-state index in [2.05, 4.69) is 27.5 Å². The number of H-pyrrole nitrogens is 1. The molecule has 3 N–H and O–H groups in total. The number of aromatic nitrogens is 2. The Morgan fingerprint density at radius 3 is 2.81 bits per heavy atom. The maximum atomic E-state index is 12.3. The lowest BCUT2D eigenvalue weighted by Crippen LogP contribution is -2.40. The van der Waals surface area contributed by atoms with E-state index in [0.29, 0.717) is 6.04 Å². The van der Waals surface area contributed by atoms with Crippen molar-refractivity contribution in [2.75, 3.05) is 11.9 Å². The number of benzene rings is 1. The van der Waals surface area contributed by atoms with Crippen molar-refractivity contribution >= 4 is 11.6 Å². The summed E-state index contributed by atoms with van der Waals surface area (Å²) in [5, 5.41) is 6.38. The zero-order chi connectivity index (χ0) is 14.7. The van der Waals surface area contributed by atoms with Gasteiger partial charge in [-0.25, -0.2) is 4.98 Å². The fourth-order valence-electron chi connectivity index (χ4n) is 2.76. The number of hydrogen-bond donors (Lipinski definition) is 3. The molecule has 1 aromatic carbocycles. The summed E-state index contributed by atoms with van der Waals surface area (Å²) in [5.74, 6) is 0.228. The van der Waals surface area contributed by atoms with E-state index in [4.69, 9.17) is 0 Å². The minimum absolute atomic E-state index is 0.105. The molecule has 2 atom stereocenters. The third kappa shape index (κ3) is 3.31. The topological polar surface area (TPSA) is 69.8 Å². The van der Waals surface area contributed by atoms with Gasteiger partial charge in [-0.2, -0.15) is 0 Å². The van der Waals surface area contributed by atoms with E-state index in [0.717, 1.165) is 36.3 Å². The molecule has 0 saturated carbocycles. The number of imidazole rings is 1. The monoisotopic (exact) mass is 284 g/mol. The van der Waals surface area contributed by atoms with E-state index in [1.54, 1.807) is 12.5 Å². The second-order valence-corrected chi connectivity index (χ2v) is 5.61. The van der Waals surface area contributed by atoms with Gasteiger partial charge in [0.15, 0.2) is 0 Å². The second-order valence-electron chi connectivity index (χ2n) is 5.61. The number of aromatic amines is 1. The van der Waals surface area contributed by atoms with Gasteiger partial charge in [0.2, 0.25) is 5.91 Å². The summed E-state index contributed by atoms with van der Waals surface area (Å²) in [4.78, 5) is 19.3. The molecule has 0 radical (unpaired) electrons. The number of amides is 1. The molecule has 5 nitrogen and oxygen atoms in total. The van der Waals surface area contributed by atoms with Gasteiger partial charge >= 0.3 is 0 Å². The van der Waals surface area contributed by atoms with Crippen LogP contribution in [0.25, 0.3) is 11.3 Å². The van der Waals surface area contributed by atoms with Crippen molar-refractivity contribution < 1.29 is 4.79 Å². The SMILES string of the molecule is CC1CC(C(=O)Nc2ccc(-c3cnc[nH]3)cc2)CCN1. The van der Waals surface area contributed by atoms with Gasteiger partial charge in [-0.15, -0.1) is 0 Å². The first-order valence-corrected chi connectivity index (χ1v) is 7.35. The van der Waals surface area contributed by atoms with Crippen LogP contribution in [0.1, 0.15) is 19.8 Å². The molecule has 1 fully saturated rings. The summed E-state index contributed by atoms with van der Waals surface area (Å²) >= 11 is 0. The molecule has 1 aliphatic heterocycles. The lowest BCUT2D eigenvalue weighted by Gasteiger charge is -2.27. The first-order chi connectivity index (χ1) is 10.2. The molecular formula is C16H20N4O. The summed E-state index contributed by atoms with van der Waals surface area (Å²) < 4.78 is 0. The minimum atomic E-state index is 0.105. The van der Waals surface area contributed by atoms with E-state index < -0.39 is 0 Å². The summed E-state index contributed by atoms with van der Waals surface area (Å²) in [6.07, 6.45) is 5.24. The Labute approximate surface area is 124 Å². The molecule has 1 saturated heterocycles. The third-order valence-electron chi connectivity index (χ3n) is 3.96. The van der Waals surface area contributed by atoms with Gasteiger partial charge < -0.3 is 15.6 Å². The van der Waals surface area contributed by atoms with E-state index in [1.165, 1.54) is 0 Å². The molecule has 2 aromatic rings. The highest BCUT2D eigenvalue weighted by molar-refractivity contribution is 5.92. The number of piperidine rings is 1. The predicted octanol–water partition coefficient (Wildman–Crippen LogP) is 2.40. The van der Waals surface area contributed by atoms with Crippen molar-refractivity contribution in [3.63, 3.8) is 0 Å². The van der Waals surface area contributed by atoms with Crippen LogP contribution in [0.4, 0.5) is 5.69 Å². The van der Waals surface area contributed by atoms with Gasteiger partial charge in [0.25, 0.3) is 0 Å². The van der Waals surface area contributed by atoms with Gasteiger partial charge in [0, 0.05) is 17.6 Å². The van der Waals surface area contributed by atoms with Crippen LogP contribution in [0.15, 0.2) is 36.8 Å². The molecule has 1 aliphatic rings. The third-order valence-corrected chi connectivity index (χ3v) is 3.96. The average molecular weight is 284 g/mol. The zero-order valence-corrected chi connectivity index (χ0v) is 12.1. The Morgan fingerprint density at radius 2 is 2.14 bits per heavy atom. The quantitative estimate of drug-likeness (QED) is 0.810. The molecule has 2 unspecified atom stereocenters. The van der Waals surface area contributed by atoms with Crippen molar-refractivity contribution in [3.05, 3.63) is 36.8 Å².